The van der Waals surface area contributed by atoms with Crippen LogP contribution in [0.15, 0.2) is 29.2 Å². The fourth-order valence-corrected chi connectivity index (χ4v) is 5.04. The van der Waals surface area contributed by atoms with Crippen LogP contribution in [0.4, 0.5) is 0 Å². The number of piperidine rings is 1. The van der Waals surface area contributed by atoms with E-state index in [1.165, 1.54) is 0 Å². The molecule has 2 heterocycles. The van der Waals surface area contributed by atoms with Crippen LogP contribution in [0.2, 0.25) is 0 Å². The van der Waals surface area contributed by atoms with Gasteiger partial charge in [0.15, 0.2) is 0 Å². The van der Waals surface area contributed by atoms with E-state index in [1.807, 2.05) is 11.8 Å². The van der Waals surface area contributed by atoms with Crippen molar-refractivity contribution in [3.05, 3.63) is 29.8 Å². The summed E-state index contributed by atoms with van der Waals surface area (Å²) in [7, 11) is -3.41. The van der Waals surface area contributed by atoms with Crippen LogP contribution < -0.4 is 5.32 Å². The van der Waals surface area contributed by atoms with Gasteiger partial charge in [0.2, 0.25) is 15.9 Å². The lowest BCUT2D eigenvalue weighted by Gasteiger charge is -2.34. The summed E-state index contributed by atoms with van der Waals surface area (Å²) in [6, 6.07) is 6.99. The van der Waals surface area contributed by atoms with Crippen LogP contribution in [0.5, 0.6) is 0 Å². The number of piperazine rings is 1. The smallest absolute Gasteiger partial charge is 0.243 e. The highest BCUT2D eigenvalue weighted by Crippen LogP contribution is 2.21. The summed E-state index contributed by atoms with van der Waals surface area (Å²) in [5, 5.41) is 3.27. The second kappa shape index (κ2) is 9.17. The molecule has 3 rings (SSSR count). The summed E-state index contributed by atoms with van der Waals surface area (Å²) < 4.78 is 26.9. The number of carbonyl (C=O) groups is 1. The van der Waals surface area contributed by atoms with Crippen molar-refractivity contribution in [3.63, 3.8) is 0 Å². The number of hydrogen-bond acceptors (Lipinski definition) is 4. The highest BCUT2D eigenvalue weighted by Gasteiger charge is 2.26. The van der Waals surface area contributed by atoms with Gasteiger partial charge in [-0.05, 0) is 37.5 Å². The van der Waals surface area contributed by atoms with Gasteiger partial charge >= 0.3 is 0 Å². The second-order valence-electron chi connectivity index (χ2n) is 6.93. The molecule has 0 unspecified atom stereocenters. The Morgan fingerprint density at radius 3 is 2.38 bits per heavy atom. The third-order valence-electron chi connectivity index (χ3n) is 5.05. The van der Waals surface area contributed by atoms with Gasteiger partial charge in [0.05, 0.1) is 11.3 Å². The van der Waals surface area contributed by atoms with Gasteiger partial charge < -0.3 is 10.2 Å². The molecule has 1 aromatic rings. The maximum Gasteiger partial charge on any atom is 0.243 e. The van der Waals surface area contributed by atoms with E-state index < -0.39 is 10.0 Å². The standard InChI is InChI=1S/C18H27N3O3S.ClH/c1-15-14-19-9-12-21(15)18(22)13-16-5-7-17(8-6-16)25(23,24)20-10-3-2-4-11-20;/h5-8,15,19H,2-4,9-14H2,1H3;1H/t15-;/m0./s1. The largest absolute Gasteiger partial charge is 0.337 e. The van der Waals surface area contributed by atoms with Crippen molar-refractivity contribution < 1.29 is 13.2 Å². The predicted molar refractivity (Wildman–Crippen MR) is 104 cm³/mol. The van der Waals surface area contributed by atoms with E-state index in [4.69, 9.17) is 0 Å². The third kappa shape index (κ3) is 4.76. The molecule has 1 amide bonds. The van der Waals surface area contributed by atoms with Crippen molar-refractivity contribution in [1.29, 1.82) is 0 Å². The van der Waals surface area contributed by atoms with Gasteiger partial charge in [0, 0.05) is 38.8 Å². The Morgan fingerprint density at radius 1 is 1.12 bits per heavy atom. The van der Waals surface area contributed by atoms with Crippen molar-refractivity contribution >= 4 is 28.3 Å². The molecule has 1 aromatic carbocycles. The first-order valence-electron chi connectivity index (χ1n) is 9.08. The minimum Gasteiger partial charge on any atom is -0.337 e. The number of benzene rings is 1. The number of rotatable bonds is 4. The Balaban J connectivity index is 0.00000243. The SMILES string of the molecule is C[C@H]1CNCCN1C(=O)Cc1ccc(S(=O)(=O)N2CCCCC2)cc1.Cl. The zero-order valence-electron chi connectivity index (χ0n) is 15.2. The van der Waals surface area contributed by atoms with Crippen molar-refractivity contribution in [2.45, 2.75) is 43.5 Å². The van der Waals surface area contributed by atoms with E-state index in [-0.39, 0.29) is 24.4 Å². The average Bonchev–Trinajstić information content (AvgIpc) is 2.63. The topological polar surface area (TPSA) is 69.7 Å². The summed E-state index contributed by atoms with van der Waals surface area (Å²) in [5.41, 5.74) is 0.855. The Bertz CT molecular complexity index is 703. The van der Waals surface area contributed by atoms with E-state index in [2.05, 4.69) is 5.32 Å². The van der Waals surface area contributed by atoms with Crippen LogP contribution in [0, 0.1) is 0 Å². The lowest BCUT2D eigenvalue weighted by atomic mass is 10.1. The number of nitrogens with one attached hydrogen (secondary N) is 1. The van der Waals surface area contributed by atoms with E-state index in [0.29, 0.717) is 24.4 Å². The molecule has 146 valence electrons. The summed E-state index contributed by atoms with van der Waals surface area (Å²) in [5.74, 6) is 0.0978. The maximum atomic E-state index is 12.7. The number of amides is 1. The first-order valence-corrected chi connectivity index (χ1v) is 10.5. The molecular formula is C18H28ClN3O3S. The summed E-state index contributed by atoms with van der Waals surface area (Å²) in [6.07, 6.45) is 3.26. The fourth-order valence-electron chi connectivity index (χ4n) is 3.52. The van der Waals surface area contributed by atoms with Crippen molar-refractivity contribution in [3.8, 4) is 0 Å². The first kappa shape index (κ1) is 21.2. The molecule has 0 radical (unpaired) electrons. The van der Waals surface area contributed by atoms with Crippen molar-refractivity contribution in [1.82, 2.24) is 14.5 Å². The highest BCUT2D eigenvalue weighted by molar-refractivity contribution is 7.89. The van der Waals surface area contributed by atoms with Gasteiger partial charge in [-0.2, -0.15) is 4.31 Å². The van der Waals surface area contributed by atoms with Crippen LogP contribution in [0.25, 0.3) is 0 Å². The lowest BCUT2D eigenvalue weighted by molar-refractivity contribution is -0.133. The van der Waals surface area contributed by atoms with E-state index in [9.17, 15) is 13.2 Å². The van der Waals surface area contributed by atoms with Crippen LogP contribution in [-0.2, 0) is 21.2 Å². The summed E-state index contributed by atoms with van der Waals surface area (Å²) in [6.45, 7) is 5.61. The number of halogens is 1. The monoisotopic (exact) mass is 401 g/mol. The molecule has 1 N–H and O–H groups in total. The molecule has 26 heavy (non-hydrogen) atoms. The molecule has 6 nitrogen and oxygen atoms in total. The zero-order chi connectivity index (χ0) is 17.9. The first-order chi connectivity index (χ1) is 12.0. The Labute approximate surface area is 162 Å². The van der Waals surface area contributed by atoms with Gasteiger partial charge in [-0.3, -0.25) is 4.79 Å². The average molecular weight is 402 g/mol. The molecule has 2 fully saturated rings. The Morgan fingerprint density at radius 2 is 1.77 bits per heavy atom. The quantitative estimate of drug-likeness (QED) is 0.832. The molecule has 2 aliphatic heterocycles. The molecule has 1 atom stereocenters. The lowest BCUT2D eigenvalue weighted by Crippen LogP contribution is -2.52. The molecule has 0 saturated carbocycles. The Hall–Kier alpha value is -1.15. The molecule has 8 heteroatoms. The normalized spacial score (nSPS) is 21.9. The zero-order valence-corrected chi connectivity index (χ0v) is 16.8. The Kier molecular flexibility index (Phi) is 7.46. The number of hydrogen-bond donors (Lipinski definition) is 1. The van der Waals surface area contributed by atoms with Crippen LogP contribution in [0.1, 0.15) is 31.7 Å². The van der Waals surface area contributed by atoms with E-state index in [1.54, 1.807) is 28.6 Å². The fraction of sp³-hybridized carbons (Fsp3) is 0.611. The molecule has 2 saturated heterocycles. The molecule has 0 bridgehead atoms. The predicted octanol–water partition coefficient (Wildman–Crippen LogP) is 1.65. The molecular weight excluding hydrogens is 374 g/mol. The molecule has 0 aliphatic carbocycles. The number of nitrogens with zero attached hydrogens (tertiary/aromatic N) is 2. The molecule has 0 spiro atoms. The van der Waals surface area contributed by atoms with Gasteiger partial charge in [-0.15, -0.1) is 12.4 Å². The number of carbonyl (C=O) groups excluding carboxylic acids is 1. The third-order valence-corrected chi connectivity index (χ3v) is 6.97. The van der Waals surface area contributed by atoms with E-state index >= 15 is 0 Å². The van der Waals surface area contributed by atoms with Gasteiger partial charge in [0.25, 0.3) is 0 Å². The summed E-state index contributed by atoms with van der Waals surface area (Å²) in [4.78, 5) is 14.7. The van der Waals surface area contributed by atoms with Crippen LogP contribution in [-0.4, -0.2) is 62.3 Å². The van der Waals surface area contributed by atoms with Gasteiger partial charge in [-0.1, -0.05) is 18.6 Å². The minimum absolute atomic E-state index is 0. The van der Waals surface area contributed by atoms with Gasteiger partial charge in [0.1, 0.15) is 0 Å². The second-order valence-corrected chi connectivity index (χ2v) is 8.86. The van der Waals surface area contributed by atoms with Crippen molar-refractivity contribution in [2.75, 3.05) is 32.7 Å². The maximum absolute atomic E-state index is 12.7. The minimum atomic E-state index is -3.41. The molecule has 2 aliphatic rings. The highest BCUT2D eigenvalue weighted by atomic mass is 35.5. The molecule has 0 aromatic heterocycles. The van der Waals surface area contributed by atoms with Crippen LogP contribution >= 0.6 is 12.4 Å². The van der Waals surface area contributed by atoms with Gasteiger partial charge in [-0.25, -0.2) is 8.42 Å². The van der Waals surface area contributed by atoms with Crippen molar-refractivity contribution in [2.24, 2.45) is 0 Å². The number of sulfonamides is 1. The summed E-state index contributed by atoms with van der Waals surface area (Å²) >= 11 is 0. The van der Waals surface area contributed by atoms with E-state index in [0.717, 1.165) is 44.5 Å². The van der Waals surface area contributed by atoms with Crippen LogP contribution in [0.3, 0.4) is 0 Å².